The van der Waals surface area contributed by atoms with Gasteiger partial charge in [-0.25, -0.2) is 9.97 Å². The van der Waals surface area contributed by atoms with E-state index in [9.17, 15) is 0 Å². The zero-order valence-corrected chi connectivity index (χ0v) is 12.5. The molecule has 2 aliphatic heterocycles. The maximum Gasteiger partial charge on any atom is 0.226 e. The van der Waals surface area contributed by atoms with Crippen molar-refractivity contribution in [2.75, 3.05) is 25.0 Å². The van der Waals surface area contributed by atoms with Crippen molar-refractivity contribution in [3.8, 4) is 0 Å². The van der Waals surface area contributed by atoms with E-state index in [0.717, 1.165) is 25.2 Å². The molecule has 1 aromatic heterocycles. The van der Waals surface area contributed by atoms with E-state index in [1.54, 1.807) is 6.07 Å². The van der Waals surface area contributed by atoms with Gasteiger partial charge in [0, 0.05) is 30.9 Å². The van der Waals surface area contributed by atoms with Crippen LogP contribution in [0.5, 0.6) is 0 Å². The quantitative estimate of drug-likeness (QED) is 0.358. The fraction of sp³-hybridized carbons (Fsp3) is 0.643. The number of aryl methyl sites for hydroxylation is 1. The Balaban J connectivity index is 1.88. The highest BCUT2D eigenvalue weighted by molar-refractivity contribution is 5.95. The number of nitrogens with zero attached hydrogens (tertiary/aromatic N) is 5. The molecule has 114 valence electrons. The van der Waals surface area contributed by atoms with Crippen molar-refractivity contribution >= 4 is 11.8 Å². The van der Waals surface area contributed by atoms with E-state index in [2.05, 4.69) is 32.0 Å². The molecule has 2 bridgehead atoms. The maximum absolute atomic E-state index is 8.83. The molecule has 1 aromatic rings. The maximum atomic E-state index is 8.83. The van der Waals surface area contributed by atoms with Crippen LogP contribution < -0.4 is 10.6 Å². The largest absolute Gasteiger partial charge is 0.409 e. The molecule has 21 heavy (non-hydrogen) atoms. The molecule has 0 aliphatic carbocycles. The second kappa shape index (κ2) is 5.48. The lowest BCUT2D eigenvalue weighted by atomic mass is 10.1. The number of oxime groups is 1. The zero-order chi connectivity index (χ0) is 15.0. The number of likely N-dealkylation sites (N-methyl/N-ethyl adjacent to an activating group) is 1. The molecule has 0 spiro atoms. The number of fused-ring (bicyclic) bond motifs is 2. The van der Waals surface area contributed by atoms with Crippen molar-refractivity contribution in [3.05, 3.63) is 17.5 Å². The summed E-state index contributed by atoms with van der Waals surface area (Å²) in [5, 5.41) is 11.9. The number of hydrogen-bond donors (Lipinski definition) is 2. The van der Waals surface area contributed by atoms with Gasteiger partial charge >= 0.3 is 0 Å². The summed E-state index contributed by atoms with van der Waals surface area (Å²) in [6, 6.07) is 2.97. The van der Waals surface area contributed by atoms with Crippen molar-refractivity contribution in [2.24, 2.45) is 10.9 Å². The summed E-state index contributed by atoms with van der Waals surface area (Å²) in [7, 11) is 2.21. The fourth-order valence-corrected chi connectivity index (χ4v) is 3.37. The van der Waals surface area contributed by atoms with E-state index in [1.807, 2.05) is 6.92 Å². The SMILES string of the molecule is Cc1cc(/C(N)=N/O)nc(N2CCC3CCC(C2)N3C)n1. The van der Waals surface area contributed by atoms with Gasteiger partial charge in [0.15, 0.2) is 5.84 Å². The molecule has 2 saturated heterocycles. The minimum atomic E-state index is 0.0233. The molecule has 3 rings (SSSR count). The van der Waals surface area contributed by atoms with E-state index in [-0.39, 0.29) is 5.84 Å². The van der Waals surface area contributed by atoms with Crippen LogP contribution in [0.2, 0.25) is 0 Å². The summed E-state index contributed by atoms with van der Waals surface area (Å²) < 4.78 is 0. The van der Waals surface area contributed by atoms with Gasteiger partial charge < -0.3 is 15.8 Å². The van der Waals surface area contributed by atoms with E-state index in [1.165, 1.54) is 12.8 Å². The van der Waals surface area contributed by atoms with E-state index in [0.29, 0.717) is 23.7 Å². The lowest BCUT2D eigenvalue weighted by Gasteiger charge is -2.26. The number of nitrogens with two attached hydrogens (primary N) is 1. The Morgan fingerprint density at radius 2 is 2.10 bits per heavy atom. The molecule has 0 aromatic carbocycles. The van der Waals surface area contributed by atoms with Crippen LogP contribution in [0, 0.1) is 6.92 Å². The number of aromatic nitrogens is 2. The normalized spacial score (nSPS) is 27.0. The second-order valence-electron chi connectivity index (χ2n) is 5.96. The molecule has 7 heteroatoms. The van der Waals surface area contributed by atoms with E-state index in [4.69, 9.17) is 10.9 Å². The average Bonchev–Trinajstić information content (AvgIpc) is 2.70. The minimum Gasteiger partial charge on any atom is -0.409 e. The van der Waals surface area contributed by atoms with Crippen molar-refractivity contribution in [1.29, 1.82) is 0 Å². The van der Waals surface area contributed by atoms with Gasteiger partial charge in [-0.05, 0) is 39.3 Å². The van der Waals surface area contributed by atoms with Crippen molar-refractivity contribution in [2.45, 2.75) is 38.3 Å². The zero-order valence-electron chi connectivity index (χ0n) is 12.5. The molecule has 7 nitrogen and oxygen atoms in total. The van der Waals surface area contributed by atoms with Crippen LogP contribution in [-0.4, -0.2) is 58.1 Å². The second-order valence-corrected chi connectivity index (χ2v) is 5.96. The van der Waals surface area contributed by atoms with Crippen LogP contribution in [0.1, 0.15) is 30.7 Å². The standard InChI is InChI=1S/C14H22N6O/c1-9-7-12(13(15)18-21)17-14(16-9)20-6-5-10-3-4-11(8-20)19(10)2/h7,10-11,21H,3-6,8H2,1-2H3,(H2,15,18). The molecule has 2 atom stereocenters. The third kappa shape index (κ3) is 2.65. The number of hydrogen-bond acceptors (Lipinski definition) is 6. The molecule has 2 fully saturated rings. The van der Waals surface area contributed by atoms with Gasteiger partial charge in [-0.15, -0.1) is 0 Å². The van der Waals surface area contributed by atoms with Gasteiger partial charge in [0.25, 0.3) is 0 Å². The van der Waals surface area contributed by atoms with Crippen LogP contribution >= 0.6 is 0 Å². The summed E-state index contributed by atoms with van der Waals surface area (Å²) in [6.45, 7) is 3.78. The first kappa shape index (κ1) is 14.1. The van der Waals surface area contributed by atoms with Gasteiger partial charge in [0.1, 0.15) is 5.69 Å². The van der Waals surface area contributed by atoms with Gasteiger partial charge in [-0.3, -0.25) is 4.90 Å². The third-order valence-electron chi connectivity index (χ3n) is 4.64. The van der Waals surface area contributed by atoms with Gasteiger partial charge in [-0.2, -0.15) is 0 Å². The van der Waals surface area contributed by atoms with Crippen LogP contribution in [0.3, 0.4) is 0 Å². The lowest BCUT2D eigenvalue weighted by Crippen LogP contribution is -2.37. The number of rotatable bonds is 2. The first-order valence-electron chi connectivity index (χ1n) is 7.39. The van der Waals surface area contributed by atoms with Gasteiger partial charge in [0.2, 0.25) is 5.95 Å². The Kier molecular flexibility index (Phi) is 3.67. The monoisotopic (exact) mass is 290 g/mol. The Morgan fingerprint density at radius 3 is 2.86 bits per heavy atom. The molecule has 3 N–H and O–H groups in total. The van der Waals surface area contributed by atoms with Crippen molar-refractivity contribution in [1.82, 2.24) is 14.9 Å². The van der Waals surface area contributed by atoms with Crippen molar-refractivity contribution < 1.29 is 5.21 Å². The molecule has 2 aliphatic rings. The topological polar surface area (TPSA) is 90.9 Å². The fourth-order valence-electron chi connectivity index (χ4n) is 3.37. The van der Waals surface area contributed by atoms with Crippen LogP contribution in [0.15, 0.2) is 11.2 Å². The summed E-state index contributed by atoms with van der Waals surface area (Å²) in [5.74, 6) is 0.702. The third-order valence-corrected chi connectivity index (χ3v) is 4.64. The highest BCUT2D eigenvalue weighted by Crippen LogP contribution is 2.29. The molecule has 0 radical (unpaired) electrons. The first-order chi connectivity index (χ1) is 10.1. The molecular weight excluding hydrogens is 268 g/mol. The minimum absolute atomic E-state index is 0.0233. The summed E-state index contributed by atoms with van der Waals surface area (Å²) in [5.41, 5.74) is 6.96. The molecule has 2 unspecified atom stereocenters. The van der Waals surface area contributed by atoms with E-state index >= 15 is 0 Å². The summed E-state index contributed by atoms with van der Waals surface area (Å²) in [4.78, 5) is 13.7. The number of anilines is 1. The highest BCUT2D eigenvalue weighted by atomic mass is 16.4. The van der Waals surface area contributed by atoms with Gasteiger partial charge in [0.05, 0.1) is 0 Å². The lowest BCUT2D eigenvalue weighted by molar-refractivity contribution is 0.254. The van der Waals surface area contributed by atoms with E-state index < -0.39 is 0 Å². The summed E-state index contributed by atoms with van der Waals surface area (Å²) >= 11 is 0. The Bertz CT molecular complexity index is 560. The van der Waals surface area contributed by atoms with Crippen LogP contribution in [0.4, 0.5) is 5.95 Å². The van der Waals surface area contributed by atoms with Gasteiger partial charge in [-0.1, -0.05) is 5.16 Å². The van der Waals surface area contributed by atoms with Crippen molar-refractivity contribution in [3.63, 3.8) is 0 Å². The smallest absolute Gasteiger partial charge is 0.226 e. The van der Waals surface area contributed by atoms with Crippen LogP contribution in [0.25, 0.3) is 0 Å². The molecule has 0 amide bonds. The predicted molar refractivity (Wildman–Crippen MR) is 80.7 cm³/mol. The van der Waals surface area contributed by atoms with Crippen LogP contribution in [-0.2, 0) is 0 Å². The Labute approximate surface area is 124 Å². The first-order valence-corrected chi connectivity index (χ1v) is 7.39. The Hall–Kier alpha value is -1.89. The predicted octanol–water partition coefficient (Wildman–Crippen LogP) is 0.552. The molecule has 3 heterocycles. The molecule has 0 saturated carbocycles. The number of amidine groups is 1. The Morgan fingerprint density at radius 1 is 1.33 bits per heavy atom. The highest BCUT2D eigenvalue weighted by Gasteiger charge is 2.35. The summed E-state index contributed by atoms with van der Waals surface area (Å²) in [6.07, 6.45) is 3.65. The molecular formula is C14H22N6O. The average molecular weight is 290 g/mol.